The highest BCUT2D eigenvalue weighted by Crippen LogP contribution is 2.21. The molecule has 1 aliphatic rings. The molecule has 1 aromatic carbocycles. The van der Waals surface area contributed by atoms with Crippen molar-refractivity contribution < 1.29 is 9.53 Å². The van der Waals surface area contributed by atoms with Crippen LogP contribution in [0.3, 0.4) is 0 Å². The third-order valence-electron chi connectivity index (χ3n) is 2.94. The summed E-state index contributed by atoms with van der Waals surface area (Å²) in [5, 5.41) is 0. The summed E-state index contributed by atoms with van der Waals surface area (Å²) in [6.07, 6.45) is 7.07. The molecule has 16 heavy (non-hydrogen) atoms. The number of esters is 1. The van der Waals surface area contributed by atoms with E-state index in [0.717, 1.165) is 6.42 Å². The standard InChI is InChI=1S/C14H16O2/c1-16-14(15)13-8-6-12(7-9-13)10-11-4-2-3-5-11/h4,6-9H,2-3,5,10H2,1H3. The molecule has 1 aliphatic carbocycles. The summed E-state index contributed by atoms with van der Waals surface area (Å²) >= 11 is 0. The van der Waals surface area contributed by atoms with E-state index in [9.17, 15) is 4.79 Å². The number of benzene rings is 1. The van der Waals surface area contributed by atoms with Gasteiger partial charge in [0.25, 0.3) is 0 Å². The summed E-state index contributed by atoms with van der Waals surface area (Å²) in [5.74, 6) is -0.272. The van der Waals surface area contributed by atoms with Gasteiger partial charge in [-0.25, -0.2) is 4.79 Å². The smallest absolute Gasteiger partial charge is 0.337 e. The molecule has 2 rings (SSSR count). The van der Waals surface area contributed by atoms with Gasteiger partial charge < -0.3 is 4.74 Å². The Morgan fingerprint density at radius 2 is 2.06 bits per heavy atom. The minimum absolute atomic E-state index is 0.272. The lowest BCUT2D eigenvalue weighted by Gasteiger charge is -2.04. The van der Waals surface area contributed by atoms with Crippen LogP contribution >= 0.6 is 0 Å². The molecular weight excluding hydrogens is 200 g/mol. The van der Waals surface area contributed by atoms with Crippen LogP contribution in [0, 0.1) is 0 Å². The summed E-state index contributed by atoms with van der Waals surface area (Å²) in [6.45, 7) is 0. The Hall–Kier alpha value is -1.57. The second kappa shape index (κ2) is 4.97. The number of carbonyl (C=O) groups excluding carboxylic acids is 1. The first-order valence-corrected chi connectivity index (χ1v) is 5.65. The number of carbonyl (C=O) groups is 1. The summed E-state index contributed by atoms with van der Waals surface area (Å²) in [5.41, 5.74) is 3.40. The zero-order valence-electron chi connectivity index (χ0n) is 9.53. The Kier molecular flexibility index (Phi) is 3.40. The zero-order valence-corrected chi connectivity index (χ0v) is 9.53. The molecule has 84 valence electrons. The molecule has 0 spiro atoms. The van der Waals surface area contributed by atoms with Crippen LogP contribution in [0.15, 0.2) is 35.9 Å². The molecular formula is C14H16O2. The van der Waals surface area contributed by atoms with E-state index >= 15 is 0 Å². The van der Waals surface area contributed by atoms with Crippen molar-refractivity contribution in [2.45, 2.75) is 25.7 Å². The van der Waals surface area contributed by atoms with Gasteiger partial charge in [0, 0.05) is 0 Å². The van der Waals surface area contributed by atoms with Crippen LogP contribution in [-0.4, -0.2) is 13.1 Å². The van der Waals surface area contributed by atoms with Crippen LogP contribution in [0.1, 0.15) is 35.2 Å². The fourth-order valence-corrected chi connectivity index (χ4v) is 2.04. The van der Waals surface area contributed by atoms with Crippen molar-refractivity contribution in [3.8, 4) is 0 Å². The normalized spacial score (nSPS) is 14.7. The molecule has 0 N–H and O–H groups in total. The zero-order chi connectivity index (χ0) is 11.4. The fourth-order valence-electron chi connectivity index (χ4n) is 2.04. The molecule has 0 bridgehead atoms. The molecule has 2 nitrogen and oxygen atoms in total. The summed E-state index contributed by atoms with van der Waals surface area (Å²) in [4.78, 5) is 11.2. The molecule has 0 unspecified atom stereocenters. The van der Waals surface area contributed by atoms with Gasteiger partial charge in [-0.2, -0.15) is 0 Å². The van der Waals surface area contributed by atoms with Crippen molar-refractivity contribution in [3.63, 3.8) is 0 Å². The van der Waals surface area contributed by atoms with Crippen molar-refractivity contribution >= 4 is 5.97 Å². The number of hydrogen-bond acceptors (Lipinski definition) is 2. The Morgan fingerprint density at radius 1 is 1.31 bits per heavy atom. The van der Waals surface area contributed by atoms with Gasteiger partial charge in [-0.1, -0.05) is 23.8 Å². The van der Waals surface area contributed by atoms with E-state index in [1.54, 1.807) is 0 Å². The Morgan fingerprint density at radius 3 is 2.62 bits per heavy atom. The van der Waals surface area contributed by atoms with E-state index < -0.39 is 0 Å². The van der Waals surface area contributed by atoms with Crippen LogP contribution in [0.4, 0.5) is 0 Å². The monoisotopic (exact) mass is 216 g/mol. The lowest BCUT2D eigenvalue weighted by Crippen LogP contribution is -2.01. The van der Waals surface area contributed by atoms with Gasteiger partial charge in [0.05, 0.1) is 12.7 Å². The number of allylic oxidation sites excluding steroid dienone is 2. The quantitative estimate of drug-likeness (QED) is 0.573. The predicted octanol–water partition coefficient (Wildman–Crippen LogP) is 3.13. The average Bonchev–Trinajstić information content (AvgIpc) is 2.82. The molecule has 2 heteroatoms. The Labute approximate surface area is 95.9 Å². The Balaban J connectivity index is 2.04. The van der Waals surface area contributed by atoms with Gasteiger partial charge in [0.1, 0.15) is 0 Å². The maximum Gasteiger partial charge on any atom is 0.337 e. The molecule has 1 aromatic rings. The van der Waals surface area contributed by atoms with Crippen molar-refractivity contribution in [1.82, 2.24) is 0 Å². The predicted molar refractivity (Wildman–Crippen MR) is 63.4 cm³/mol. The lowest BCUT2D eigenvalue weighted by molar-refractivity contribution is 0.0601. The van der Waals surface area contributed by atoms with E-state index in [1.807, 2.05) is 24.3 Å². The molecule has 0 saturated carbocycles. The molecule has 0 heterocycles. The largest absolute Gasteiger partial charge is 0.465 e. The molecule has 0 aliphatic heterocycles. The number of rotatable bonds is 3. The van der Waals surface area contributed by atoms with Crippen LogP contribution in [-0.2, 0) is 11.2 Å². The average molecular weight is 216 g/mol. The first-order chi connectivity index (χ1) is 7.79. The van der Waals surface area contributed by atoms with E-state index in [2.05, 4.69) is 10.8 Å². The number of methoxy groups -OCH3 is 1. The van der Waals surface area contributed by atoms with E-state index in [0.29, 0.717) is 5.56 Å². The lowest BCUT2D eigenvalue weighted by atomic mass is 10.0. The first kappa shape index (κ1) is 10.9. The third-order valence-corrected chi connectivity index (χ3v) is 2.94. The number of hydrogen-bond donors (Lipinski definition) is 0. The van der Waals surface area contributed by atoms with Crippen molar-refractivity contribution in [3.05, 3.63) is 47.0 Å². The molecule has 0 amide bonds. The van der Waals surface area contributed by atoms with Crippen LogP contribution in [0.2, 0.25) is 0 Å². The highest BCUT2D eigenvalue weighted by molar-refractivity contribution is 5.89. The minimum atomic E-state index is -0.272. The SMILES string of the molecule is COC(=O)c1ccc(CC2=CCCC2)cc1. The van der Waals surface area contributed by atoms with Crippen LogP contribution in [0.25, 0.3) is 0 Å². The molecule has 0 saturated heterocycles. The topological polar surface area (TPSA) is 26.3 Å². The van der Waals surface area contributed by atoms with Crippen LogP contribution in [0.5, 0.6) is 0 Å². The van der Waals surface area contributed by atoms with Crippen LogP contribution < -0.4 is 0 Å². The molecule has 0 aromatic heterocycles. The summed E-state index contributed by atoms with van der Waals surface area (Å²) < 4.78 is 4.66. The molecule has 0 atom stereocenters. The van der Waals surface area contributed by atoms with Gasteiger partial charge in [-0.05, 0) is 43.4 Å². The minimum Gasteiger partial charge on any atom is -0.465 e. The second-order valence-electron chi connectivity index (χ2n) is 4.12. The summed E-state index contributed by atoms with van der Waals surface area (Å²) in [6, 6.07) is 7.67. The highest BCUT2D eigenvalue weighted by atomic mass is 16.5. The van der Waals surface area contributed by atoms with E-state index in [-0.39, 0.29) is 5.97 Å². The van der Waals surface area contributed by atoms with Crippen molar-refractivity contribution in [1.29, 1.82) is 0 Å². The van der Waals surface area contributed by atoms with Gasteiger partial charge in [0.2, 0.25) is 0 Å². The van der Waals surface area contributed by atoms with Crippen molar-refractivity contribution in [2.75, 3.05) is 7.11 Å². The number of ether oxygens (including phenoxy) is 1. The fraction of sp³-hybridized carbons (Fsp3) is 0.357. The molecule has 0 fully saturated rings. The Bertz CT molecular complexity index is 401. The van der Waals surface area contributed by atoms with Crippen molar-refractivity contribution in [2.24, 2.45) is 0 Å². The van der Waals surface area contributed by atoms with E-state index in [1.165, 1.54) is 37.5 Å². The molecule has 0 radical (unpaired) electrons. The second-order valence-corrected chi connectivity index (χ2v) is 4.12. The highest BCUT2D eigenvalue weighted by Gasteiger charge is 2.07. The maximum absolute atomic E-state index is 11.2. The summed E-state index contributed by atoms with van der Waals surface area (Å²) in [7, 11) is 1.40. The van der Waals surface area contributed by atoms with Gasteiger partial charge in [-0.3, -0.25) is 0 Å². The van der Waals surface area contributed by atoms with Gasteiger partial charge >= 0.3 is 5.97 Å². The first-order valence-electron chi connectivity index (χ1n) is 5.65. The van der Waals surface area contributed by atoms with Gasteiger partial charge in [0.15, 0.2) is 0 Å². The van der Waals surface area contributed by atoms with E-state index in [4.69, 9.17) is 0 Å². The van der Waals surface area contributed by atoms with Gasteiger partial charge in [-0.15, -0.1) is 0 Å². The maximum atomic E-state index is 11.2. The third kappa shape index (κ3) is 2.51.